The van der Waals surface area contributed by atoms with Gasteiger partial charge in [-0.3, -0.25) is 4.79 Å². The first kappa shape index (κ1) is 13.5. The van der Waals surface area contributed by atoms with E-state index >= 15 is 0 Å². The minimum absolute atomic E-state index is 0.546. The van der Waals surface area contributed by atoms with Crippen LogP contribution in [0, 0.1) is 0 Å². The van der Waals surface area contributed by atoms with Crippen molar-refractivity contribution in [1.29, 1.82) is 0 Å². The van der Waals surface area contributed by atoms with Crippen molar-refractivity contribution < 1.29 is 9.53 Å². The van der Waals surface area contributed by atoms with Crippen LogP contribution in [0.1, 0.15) is 10.4 Å². The Balaban J connectivity index is 2.01. The van der Waals surface area contributed by atoms with Crippen LogP contribution in [0.15, 0.2) is 78.9 Å². The number of hydrogen-bond donors (Lipinski definition) is 0. The van der Waals surface area contributed by atoms with Gasteiger partial charge in [0.1, 0.15) is 11.5 Å². The van der Waals surface area contributed by atoms with Crippen LogP contribution in [0.3, 0.4) is 0 Å². The Hall–Kier alpha value is -3.13. The molecule has 0 aromatic heterocycles. The second-order valence-corrected chi connectivity index (χ2v) is 5.41. The molecule has 4 aromatic carbocycles. The molecular formula is C21H14O2. The van der Waals surface area contributed by atoms with E-state index in [9.17, 15) is 4.79 Å². The fraction of sp³-hybridized carbons (Fsp3) is 0. The van der Waals surface area contributed by atoms with Gasteiger partial charge in [0.25, 0.3) is 0 Å². The summed E-state index contributed by atoms with van der Waals surface area (Å²) in [5.74, 6) is 1.36. The number of ether oxygens (including phenoxy) is 1. The van der Waals surface area contributed by atoms with Gasteiger partial charge in [0.2, 0.25) is 0 Å². The highest BCUT2D eigenvalue weighted by molar-refractivity contribution is 6.05. The van der Waals surface area contributed by atoms with Crippen LogP contribution in [-0.4, -0.2) is 6.29 Å². The second-order valence-electron chi connectivity index (χ2n) is 5.41. The predicted octanol–water partition coefficient (Wildman–Crippen LogP) is 5.60. The van der Waals surface area contributed by atoms with Crippen molar-refractivity contribution in [2.75, 3.05) is 0 Å². The maximum atomic E-state index is 11.3. The summed E-state index contributed by atoms with van der Waals surface area (Å²) in [6, 6.07) is 25.7. The minimum Gasteiger partial charge on any atom is -0.455 e. The van der Waals surface area contributed by atoms with Crippen molar-refractivity contribution in [3.8, 4) is 11.5 Å². The van der Waals surface area contributed by atoms with Gasteiger partial charge in [-0.05, 0) is 29.0 Å². The molecule has 0 N–H and O–H groups in total. The maximum Gasteiger partial charge on any atom is 0.153 e. The van der Waals surface area contributed by atoms with E-state index in [0.717, 1.165) is 33.6 Å². The third kappa shape index (κ3) is 2.34. The van der Waals surface area contributed by atoms with E-state index < -0.39 is 0 Å². The second kappa shape index (κ2) is 5.58. The summed E-state index contributed by atoms with van der Waals surface area (Å²) in [5, 5.41) is 4.30. The van der Waals surface area contributed by atoms with Gasteiger partial charge in [-0.25, -0.2) is 0 Å². The monoisotopic (exact) mass is 298 g/mol. The highest BCUT2D eigenvalue weighted by Gasteiger charge is 2.11. The Kier molecular flexibility index (Phi) is 3.28. The first-order chi connectivity index (χ1) is 11.4. The van der Waals surface area contributed by atoms with Crippen molar-refractivity contribution in [1.82, 2.24) is 0 Å². The normalized spacial score (nSPS) is 10.8. The number of carbonyl (C=O) groups excluding carboxylic acids is 1. The summed E-state index contributed by atoms with van der Waals surface area (Å²) < 4.78 is 6.20. The maximum absolute atomic E-state index is 11.3. The van der Waals surface area contributed by atoms with Gasteiger partial charge in [-0.1, -0.05) is 60.7 Å². The lowest BCUT2D eigenvalue weighted by Crippen LogP contribution is -1.92. The summed E-state index contributed by atoms with van der Waals surface area (Å²) in [5.41, 5.74) is 0.546. The van der Waals surface area contributed by atoms with Crippen LogP contribution in [-0.2, 0) is 0 Å². The van der Waals surface area contributed by atoms with Crippen LogP contribution in [0.4, 0.5) is 0 Å². The lowest BCUT2D eigenvalue weighted by atomic mass is 10.0. The molecule has 0 aliphatic heterocycles. The number of benzene rings is 4. The van der Waals surface area contributed by atoms with Gasteiger partial charge in [0.05, 0.1) is 5.56 Å². The van der Waals surface area contributed by atoms with Gasteiger partial charge in [-0.15, -0.1) is 0 Å². The fourth-order valence-corrected chi connectivity index (χ4v) is 2.86. The van der Waals surface area contributed by atoms with E-state index in [0.29, 0.717) is 11.3 Å². The van der Waals surface area contributed by atoms with E-state index in [-0.39, 0.29) is 0 Å². The Morgan fingerprint density at radius 1 is 0.696 bits per heavy atom. The zero-order valence-corrected chi connectivity index (χ0v) is 12.4. The van der Waals surface area contributed by atoms with E-state index in [1.54, 1.807) is 6.07 Å². The van der Waals surface area contributed by atoms with Crippen LogP contribution >= 0.6 is 0 Å². The molecule has 0 heterocycles. The zero-order chi connectivity index (χ0) is 15.6. The fourth-order valence-electron chi connectivity index (χ4n) is 2.86. The first-order valence-electron chi connectivity index (χ1n) is 7.49. The van der Waals surface area contributed by atoms with Crippen molar-refractivity contribution in [3.05, 3.63) is 84.4 Å². The molecule has 0 fully saturated rings. The molecule has 110 valence electrons. The van der Waals surface area contributed by atoms with Gasteiger partial charge in [-0.2, -0.15) is 0 Å². The topological polar surface area (TPSA) is 26.3 Å². The largest absolute Gasteiger partial charge is 0.455 e. The smallest absolute Gasteiger partial charge is 0.153 e. The molecule has 0 radical (unpaired) electrons. The Morgan fingerprint density at radius 2 is 1.26 bits per heavy atom. The zero-order valence-electron chi connectivity index (χ0n) is 12.4. The SMILES string of the molecule is O=Cc1ccccc1Oc1c2ccccc2cc2ccccc12. The first-order valence-corrected chi connectivity index (χ1v) is 7.49. The standard InChI is InChI=1S/C21H14O2/c22-14-17-9-3-6-12-20(17)23-21-18-10-4-1-7-15(18)13-16-8-2-5-11-19(16)21/h1-14H. The molecule has 0 aliphatic carbocycles. The van der Waals surface area contributed by atoms with Gasteiger partial charge < -0.3 is 4.74 Å². The summed E-state index contributed by atoms with van der Waals surface area (Å²) in [7, 11) is 0. The predicted molar refractivity (Wildman–Crippen MR) is 93.4 cm³/mol. The highest BCUT2D eigenvalue weighted by atomic mass is 16.5. The van der Waals surface area contributed by atoms with Gasteiger partial charge >= 0.3 is 0 Å². The molecule has 0 spiro atoms. The Labute approximate surface area is 133 Å². The summed E-state index contributed by atoms with van der Waals surface area (Å²) in [4.78, 5) is 11.3. The summed E-state index contributed by atoms with van der Waals surface area (Å²) in [6.07, 6.45) is 0.822. The lowest BCUT2D eigenvalue weighted by Gasteiger charge is -2.14. The number of aldehydes is 1. The molecule has 0 bridgehead atoms. The van der Waals surface area contributed by atoms with E-state index in [4.69, 9.17) is 4.74 Å². The number of para-hydroxylation sites is 1. The van der Waals surface area contributed by atoms with Crippen molar-refractivity contribution in [3.63, 3.8) is 0 Å². The molecule has 23 heavy (non-hydrogen) atoms. The minimum atomic E-state index is 0.546. The molecule has 4 rings (SSSR count). The average Bonchev–Trinajstić information content (AvgIpc) is 2.62. The molecule has 0 saturated heterocycles. The Morgan fingerprint density at radius 3 is 1.91 bits per heavy atom. The van der Waals surface area contributed by atoms with Crippen molar-refractivity contribution >= 4 is 27.8 Å². The quantitative estimate of drug-likeness (QED) is 0.363. The molecule has 0 unspecified atom stereocenters. The molecule has 0 aliphatic rings. The highest BCUT2D eigenvalue weighted by Crippen LogP contribution is 2.38. The van der Waals surface area contributed by atoms with E-state index in [2.05, 4.69) is 18.2 Å². The molecule has 4 aromatic rings. The average molecular weight is 298 g/mol. The van der Waals surface area contributed by atoms with Crippen LogP contribution in [0.5, 0.6) is 11.5 Å². The van der Waals surface area contributed by atoms with Gasteiger partial charge in [0.15, 0.2) is 6.29 Å². The molecule has 0 saturated carbocycles. The summed E-state index contributed by atoms with van der Waals surface area (Å²) in [6.45, 7) is 0. The molecule has 2 heteroatoms. The number of rotatable bonds is 3. The van der Waals surface area contributed by atoms with E-state index in [1.165, 1.54) is 0 Å². The molecule has 0 atom stereocenters. The molecule has 2 nitrogen and oxygen atoms in total. The molecular weight excluding hydrogens is 284 g/mol. The van der Waals surface area contributed by atoms with Gasteiger partial charge in [0, 0.05) is 10.8 Å². The lowest BCUT2D eigenvalue weighted by molar-refractivity contribution is 0.112. The Bertz CT molecular complexity index is 964. The summed E-state index contributed by atoms with van der Waals surface area (Å²) >= 11 is 0. The number of carbonyl (C=O) groups is 1. The van der Waals surface area contributed by atoms with Crippen LogP contribution in [0.2, 0.25) is 0 Å². The number of fused-ring (bicyclic) bond motifs is 2. The third-order valence-electron chi connectivity index (χ3n) is 3.98. The van der Waals surface area contributed by atoms with Crippen molar-refractivity contribution in [2.24, 2.45) is 0 Å². The number of hydrogen-bond acceptors (Lipinski definition) is 2. The molecule has 0 amide bonds. The van der Waals surface area contributed by atoms with Crippen LogP contribution < -0.4 is 4.74 Å². The van der Waals surface area contributed by atoms with Crippen LogP contribution in [0.25, 0.3) is 21.5 Å². The third-order valence-corrected chi connectivity index (χ3v) is 3.98. The van der Waals surface area contributed by atoms with Crippen molar-refractivity contribution in [2.45, 2.75) is 0 Å². The van der Waals surface area contributed by atoms with E-state index in [1.807, 2.05) is 54.6 Å².